The Morgan fingerprint density at radius 2 is 1.81 bits per heavy atom. The summed E-state index contributed by atoms with van der Waals surface area (Å²) < 4.78 is 5.21. The quantitative estimate of drug-likeness (QED) is 0.906. The summed E-state index contributed by atoms with van der Waals surface area (Å²) in [7, 11) is 1.67. The second kappa shape index (κ2) is 7.45. The Morgan fingerprint density at radius 3 is 2.48 bits per heavy atom. The highest BCUT2D eigenvalue weighted by Crippen LogP contribution is 2.28. The molecule has 4 rings (SSSR count). The number of nitrogens with zero attached hydrogens (tertiary/aromatic N) is 2. The van der Waals surface area contributed by atoms with Gasteiger partial charge in [-0.05, 0) is 53.1 Å². The van der Waals surface area contributed by atoms with Crippen LogP contribution in [0.5, 0.6) is 5.75 Å². The molecule has 2 aliphatic rings. The lowest BCUT2D eigenvalue weighted by Crippen LogP contribution is -2.49. The molecule has 0 unspecified atom stereocenters. The fourth-order valence-electron chi connectivity index (χ4n) is 3.78. The number of amides is 1. The zero-order valence-electron chi connectivity index (χ0n) is 15.5. The van der Waals surface area contributed by atoms with Gasteiger partial charge in [0.1, 0.15) is 5.75 Å². The lowest BCUT2D eigenvalue weighted by molar-refractivity contribution is -0.127. The van der Waals surface area contributed by atoms with Gasteiger partial charge in [0.2, 0.25) is 5.91 Å². The molecule has 0 saturated carbocycles. The molecule has 0 aromatic heterocycles. The van der Waals surface area contributed by atoms with Gasteiger partial charge >= 0.3 is 0 Å². The van der Waals surface area contributed by atoms with Gasteiger partial charge < -0.3 is 19.6 Å². The summed E-state index contributed by atoms with van der Waals surface area (Å²) in [5.74, 6) is 0.982. The third kappa shape index (κ3) is 3.55. The Bertz CT molecular complexity index is 866. The number of aliphatic hydroxyl groups is 1. The number of anilines is 1. The van der Waals surface area contributed by atoms with Crippen LogP contribution in [-0.4, -0.2) is 49.2 Å². The van der Waals surface area contributed by atoms with Crippen molar-refractivity contribution >= 4 is 17.7 Å². The number of carbonyl (C=O) groups excluding carboxylic acids is 1. The highest BCUT2D eigenvalue weighted by molar-refractivity contribution is 6.00. The monoisotopic (exact) mass is 364 g/mol. The Balaban J connectivity index is 1.39. The van der Waals surface area contributed by atoms with Crippen molar-refractivity contribution in [3.8, 4) is 5.75 Å². The van der Waals surface area contributed by atoms with E-state index in [-0.39, 0.29) is 12.5 Å². The molecular weight excluding hydrogens is 340 g/mol. The average Bonchev–Trinajstić information content (AvgIpc) is 3.16. The van der Waals surface area contributed by atoms with Crippen molar-refractivity contribution in [3.05, 3.63) is 64.7 Å². The lowest BCUT2D eigenvalue weighted by atomic mass is 10.1. The number of aliphatic hydroxyl groups excluding tert-OH is 1. The molecule has 2 aromatic rings. The van der Waals surface area contributed by atoms with Gasteiger partial charge in [-0.1, -0.05) is 12.1 Å². The van der Waals surface area contributed by atoms with Crippen LogP contribution in [0.25, 0.3) is 6.08 Å². The third-order valence-electron chi connectivity index (χ3n) is 5.38. The Labute approximate surface area is 159 Å². The number of methoxy groups -OCH3 is 1. The molecular formula is C22H24N2O3. The largest absolute Gasteiger partial charge is 0.497 e. The summed E-state index contributed by atoms with van der Waals surface area (Å²) in [6, 6.07) is 14.0. The van der Waals surface area contributed by atoms with Crippen molar-refractivity contribution in [1.82, 2.24) is 4.90 Å². The Morgan fingerprint density at radius 1 is 1.07 bits per heavy atom. The van der Waals surface area contributed by atoms with Crippen LogP contribution in [-0.2, 0) is 17.8 Å². The van der Waals surface area contributed by atoms with E-state index in [9.17, 15) is 9.90 Å². The first-order valence-electron chi connectivity index (χ1n) is 9.29. The minimum Gasteiger partial charge on any atom is -0.497 e. The molecule has 2 aromatic carbocycles. The molecule has 27 heavy (non-hydrogen) atoms. The van der Waals surface area contributed by atoms with E-state index in [0.717, 1.165) is 59.9 Å². The van der Waals surface area contributed by atoms with Gasteiger partial charge in [0.05, 0.1) is 13.7 Å². The molecule has 0 bridgehead atoms. The van der Waals surface area contributed by atoms with Crippen LogP contribution in [0.2, 0.25) is 0 Å². The first-order valence-corrected chi connectivity index (χ1v) is 9.29. The summed E-state index contributed by atoms with van der Waals surface area (Å²) >= 11 is 0. The molecule has 0 radical (unpaired) electrons. The molecule has 0 spiro atoms. The van der Waals surface area contributed by atoms with E-state index in [1.807, 2.05) is 41.3 Å². The number of hydrogen-bond donors (Lipinski definition) is 1. The zero-order valence-corrected chi connectivity index (χ0v) is 15.5. The molecule has 1 aliphatic carbocycles. The van der Waals surface area contributed by atoms with E-state index in [0.29, 0.717) is 6.42 Å². The van der Waals surface area contributed by atoms with E-state index >= 15 is 0 Å². The molecule has 5 heteroatoms. The second-order valence-corrected chi connectivity index (χ2v) is 7.01. The minimum absolute atomic E-state index is 0.0255. The van der Waals surface area contributed by atoms with Gasteiger partial charge in [-0.2, -0.15) is 0 Å². The number of rotatable bonds is 4. The fraction of sp³-hybridized carbons (Fsp3) is 0.318. The summed E-state index contributed by atoms with van der Waals surface area (Å²) in [5.41, 5.74) is 5.10. The number of hydrogen-bond acceptors (Lipinski definition) is 4. The van der Waals surface area contributed by atoms with Crippen LogP contribution in [0.1, 0.15) is 16.7 Å². The topological polar surface area (TPSA) is 53.0 Å². The normalized spacial score (nSPS) is 16.1. The number of fused-ring (bicyclic) bond motifs is 1. The maximum atomic E-state index is 12.9. The van der Waals surface area contributed by atoms with Crippen molar-refractivity contribution in [3.63, 3.8) is 0 Å². The van der Waals surface area contributed by atoms with Crippen LogP contribution in [0.4, 0.5) is 5.69 Å². The van der Waals surface area contributed by atoms with E-state index in [4.69, 9.17) is 4.74 Å². The van der Waals surface area contributed by atoms with Gasteiger partial charge in [-0.3, -0.25) is 4.79 Å². The smallest absolute Gasteiger partial charge is 0.250 e. The van der Waals surface area contributed by atoms with Crippen LogP contribution in [0.15, 0.2) is 48.0 Å². The first kappa shape index (κ1) is 17.6. The summed E-state index contributed by atoms with van der Waals surface area (Å²) in [4.78, 5) is 17.2. The number of benzene rings is 2. The van der Waals surface area contributed by atoms with Crippen LogP contribution < -0.4 is 9.64 Å². The second-order valence-electron chi connectivity index (χ2n) is 7.01. The van der Waals surface area contributed by atoms with E-state index < -0.39 is 0 Å². The molecule has 1 heterocycles. The van der Waals surface area contributed by atoms with Crippen molar-refractivity contribution in [2.45, 2.75) is 13.0 Å². The standard InChI is InChI=1S/C22H24N2O3/c1-27-21-6-4-20(5-7-21)23-8-10-24(11-9-23)22(26)19-13-17-3-2-16(15-25)12-18(17)14-19/h2-7,12,14,25H,8-11,13,15H2,1H3. The molecule has 1 aliphatic heterocycles. The number of ether oxygens (including phenoxy) is 1. The summed E-state index contributed by atoms with van der Waals surface area (Å²) in [6.07, 6.45) is 2.66. The fourth-order valence-corrected chi connectivity index (χ4v) is 3.78. The Hall–Kier alpha value is -2.79. The predicted molar refractivity (Wildman–Crippen MR) is 106 cm³/mol. The highest BCUT2D eigenvalue weighted by atomic mass is 16.5. The zero-order chi connectivity index (χ0) is 18.8. The highest BCUT2D eigenvalue weighted by Gasteiger charge is 2.26. The molecule has 1 saturated heterocycles. The maximum absolute atomic E-state index is 12.9. The summed E-state index contributed by atoms with van der Waals surface area (Å²) in [6.45, 7) is 3.12. The minimum atomic E-state index is 0.0255. The molecule has 1 N–H and O–H groups in total. The van der Waals surface area contributed by atoms with Crippen LogP contribution >= 0.6 is 0 Å². The van der Waals surface area contributed by atoms with Gasteiger partial charge in [0, 0.05) is 43.9 Å². The molecule has 1 fully saturated rings. The van der Waals surface area contributed by atoms with Crippen molar-refractivity contribution < 1.29 is 14.6 Å². The van der Waals surface area contributed by atoms with E-state index in [1.54, 1.807) is 7.11 Å². The SMILES string of the molecule is COc1ccc(N2CCN(C(=O)C3=Cc4cc(CO)ccc4C3)CC2)cc1. The van der Waals surface area contributed by atoms with Crippen molar-refractivity contribution in [1.29, 1.82) is 0 Å². The first-order chi connectivity index (χ1) is 13.2. The number of carbonyl (C=O) groups is 1. The molecule has 140 valence electrons. The summed E-state index contributed by atoms with van der Waals surface area (Å²) in [5, 5.41) is 9.29. The maximum Gasteiger partial charge on any atom is 0.250 e. The van der Waals surface area contributed by atoms with E-state index in [2.05, 4.69) is 17.0 Å². The third-order valence-corrected chi connectivity index (χ3v) is 5.38. The van der Waals surface area contributed by atoms with Crippen molar-refractivity contribution in [2.75, 3.05) is 38.2 Å². The van der Waals surface area contributed by atoms with Gasteiger partial charge in [0.25, 0.3) is 0 Å². The lowest BCUT2D eigenvalue weighted by Gasteiger charge is -2.36. The average molecular weight is 364 g/mol. The predicted octanol–water partition coefficient (Wildman–Crippen LogP) is 2.48. The molecule has 1 amide bonds. The van der Waals surface area contributed by atoms with Crippen LogP contribution in [0.3, 0.4) is 0 Å². The van der Waals surface area contributed by atoms with Gasteiger partial charge in [-0.15, -0.1) is 0 Å². The number of piperazine rings is 1. The molecule has 5 nitrogen and oxygen atoms in total. The van der Waals surface area contributed by atoms with Gasteiger partial charge in [-0.25, -0.2) is 0 Å². The van der Waals surface area contributed by atoms with Crippen LogP contribution in [0, 0.1) is 0 Å². The van der Waals surface area contributed by atoms with E-state index in [1.165, 1.54) is 0 Å². The van der Waals surface area contributed by atoms with Gasteiger partial charge in [0.15, 0.2) is 0 Å². The van der Waals surface area contributed by atoms with Crippen molar-refractivity contribution in [2.24, 2.45) is 0 Å². The Kier molecular flexibility index (Phi) is 4.86. The molecule has 0 atom stereocenters.